The van der Waals surface area contributed by atoms with E-state index in [9.17, 15) is 9.59 Å². The van der Waals surface area contributed by atoms with Gasteiger partial charge in [-0.05, 0) is 39.8 Å². The SMILES string of the molecule is CC(Oc1cccc(Cl)c1C=O)C(=O)NC(C)(C)C. The Balaban J connectivity index is 2.83. The predicted octanol–water partition coefficient (Wildman–Crippen LogP) is 2.83. The number of benzene rings is 1. The number of carbonyl (C=O) groups excluding carboxylic acids is 2. The summed E-state index contributed by atoms with van der Waals surface area (Å²) in [6, 6.07) is 4.87. The van der Waals surface area contributed by atoms with Crippen molar-refractivity contribution in [2.75, 3.05) is 0 Å². The van der Waals surface area contributed by atoms with Crippen molar-refractivity contribution in [1.82, 2.24) is 5.32 Å². The maximum absolute atomic E-state index is 11.9. The zero-order chi connectivity index (χ0) is 14.6. The van der Waals surface area contributed by atoms with Crippen molar-refractivity contribution in [3.05, 3.63) is 28.8 Å². The Hall–Kier alpha value is -1.55. The first-order chi connectivity index (χ1) is 8.74. The number of hydrogen-bond acceptors (Lipinski definition) is 3. The molecule has 0 saturated carbocycles. The van der Waals surface area contributed by atoms with E-state index in [1.165, 1.54) is 0 Å². The molecule has 0 aliphatic rings. The third kappa shape index (κ3) is 4.56. The van der Waals surface area contributed by atoms with Gasteiger partial charge in [0.25, 0.3) is 5.91 Å². The second-order valence-electron chi connectivity index (χ2n) is 5.27. The highest BCUT2D eigenvalue weighted by Gasteiger charge is 2.21. The molecule has 0 bridgehead atoms. The third-order valence-electron chi connectivity index (χ3n) is 2.30. The molecule has 5 heteroatoms. The number of nitrogens with one attached hydrogen (secondary N) is 1. The van der Waals surface area contributed by atoms with Crippen molar-refractivity contribution < 1.29 is 14.3 Å². The molecule has 0 radical (unpaired) electrons. The zero-order valence-corrected chi connectivity index (χ0v) is 12.2. The average molecular weight is 284 g/mol. The van der Waals surface area contributed by atoms with E-state index in [1.54, 1.807) is 25.1 Å². The first-order valence-corrected chi connectivity index (χ1v) is 6.35. The topological polar surface area (TPSA) is 55.4 Å². The highest BCUT2D eigenvalue weighted by atomic mass is 35.5. The summed E-state index contributed by atoms with van der Waals surface area (Å²) in [5.41, 5.74) is -0.0872. The summed E-state index contributed by atoms with van der Waals surface area (Å²) in [6.45, 7) is 7.27. The molecule has 0 heterocycles. The molecular formula is C14H18ClNO3. The molecule has 1 atom stereocenters. The maximum Gasteiger partial charge on any atom is 0.261 e. The highest BCUT2D eigenvalue weighted by molar-refractivity contribution is 6.33. The molecule has 1 N–H and O–H groups in total. The van der Waals surface area contributed by atoms with Crippen LogP contribution in [0.15, 0.2) is 18.2 Å². The second-order valence-corrected chi connectivity index (χ2v) is 5.68. The van der Waals surface area contributed by atoms with Gasteiger partial charge in [0.1, 0.15) is 5.75 Å². The molecule has 0 aromatic heterocycles. The summed E-state index contributed by atoms with van der Waals surface area (Å²) in [5.74, 6) is 0.0587. The summed E-state index contributed by atoms with van der Waals surface area (Å²) < 4.78 is 5.50. The van der Waals surface area contributed by atoms with Gasteiger partial charge in [0, 0.05) is 5.54 Å². The summed E-state index contributed by atoms with van der Waals surface area (Å²) in [7, 11) is 0. The molecule has 0 aliphatic heterocycles. The van der Waals surface area contributed by atoms with Crippen molar-refractivity contribution in [3.63, 3.8) is 0 Å². The predicted molar refractivity (Wildman–Crippen MR) is 74.8 cm³/mol. The maximum atomic E-state index is 11.9. The van der Waals surface area contributed by atoms with Gasteiger partial charge in [-0.2, -0.15) is 0 Å². The van der Waals surface area contributed by atoms with Crippen LogP contribution in [-0.2, 0) is 4.79 Å². The summed E-state index contributed by atoms with van der Waals surface area (Å²) in [4.78, 5) is 22.9. The molecule has 0 saturated heterocycles. The molecule has 1 rings (SSSR count). The van der Waals surface area contributed by atoms with E-state index in [4.69, 9.17) is 16.3 Å². The second kappa shape index (κ2) is 6.06. The van der Waals surface area contributed by atoms with Gasteiger partial charge in [0.05, 0.1) is 10.6 Å². The molecular weight excluding hydrogens is 266 g/mol. The van der Waals surface area contributed by atoms with Crippen LogP contribution in [0, 0.1) is 0 Å². The fourth-order valence-corrected chi connectivity index (χ4v) is 1.66. The van der Waals surface area contributed by atoms with Gasteiger partial charge in [-0.1, -0.05) is 17.7 Å². The van der Waals surface area contributed by atoms with Gasteiger partial charge in [-0.25, -0.2) is 0 Å². The first-order valence-electron chi connectivity index (χ1n) is 5.97. The van der Waals surface area contributed by atoms with Crippen molar-refractivity contribution in [2.24, 2.45) is 0 Å². The van der Waals surface area contributed by atoms with Gasteiger partial charge in [0.15, 0.2) is 12.4 Å². The summed E-state index contributed by atoms with van der Waals surface area (Å²) in [6.07, 6.45) is -0.0946. The minimum absolute atomic E-state index is 0.246. The molecule has 1 aromatic rings. The number of aldehydes is 1. The van der Waals surface area contributed by atoms with Crippen LogP contribution in [0.5, 0.6) is 5.75 Å². The van der Waals surface area contributed by atoms with E-state index in [-0.39, 0.29) is 17.0 Å². The fraction of sp³-hybridized carbons (Fsp3) is 0.429. The molecule has 1 unspecified atom stereocenters. The van der Waals surface area contributed by atoms with Gasteiger partial charge < -0.3 is 10.1 Å². The van der Waals surface area contributed by atoms with Crippen LogP contribution in [0.1, 0.15) is 38.1 Å². The fourth-order valence-electron chi connectivity index (χ4n) is 1.45. The quantitative estimate of drug-likeness (QED) is 0.865. The third-order valence-corrected chi connectivity index (χ3v) is 2.63. The largest absolute Gasteiger partial charge is 0.480 e. The Morgan fingerprint density at radius 3 is 2.58 bits per heavy atom. The number of carbonyl (C=O) groups is 2. The van der Waals surface area contributed by atoms with Gasteiger partial charge in [-0.15, -0.1) is 0 Å². The Labute approximate surface area is 118 Å². The van der Waals surface area contributed by atoms with Crippen LogP contribution in [0.3, 0.4) is 0 Å². The molecule has 4 nitrogen and oxygen atoms in total. The molecule has 1 aromatic carbocycles. The number of rotatable bonds is 4. The van der Waals surface area contributed by atoms with E-state index in [1.807, 2.05) is 20.8 Å². The van der Waals surface area contributed by atoms with Gasteiger partial charge >= 0.3 is 0 Å². The molecule has 0 spiro atoms. The number of halogens is 1. The lowest BCUT2D eigenvalue weighted by molar-refractivity contribution is -0.128. The molecule has 19 heavy (non-hydrogen) atoms. The van der Waals surface area contributed by atoms with Crippen molar-refractivity contribution in [1.29, 1.82) is 0 Å². The number of amides is 1. The highest BCUT2D eigenvalue weighted by Crippen LogP contribution is 2.25. The Morgan fingerprint density at radius 2 is 2.05 bits per heavy atom. The normalized spacial score (nSPS) is 12.7. The van der Waals surface area contributed by atoms with Gasteiger partial charge in [-0.3, -0.25) is 9.59 Å². The van der Waals surface area contributed by atoms with Crippen molar-refractivity contribution in [2.45, 2.75) is 39.3 Å². The van der Waals surface area contributed by atoms with Crippen LogP contribution in [0.25, 0.3) is 0 Å². The Kier molecular flexibility index (Phi) is 4.95. The Morgan fingerprint density at radius 1 is 1.42 bits per heavy atom. The van der Waals surface area contributed by atoms with Gasteiger partial charge in [0.2, 0.25) is 0 Å². The van der Waals surface area contributed by atoms with E-state index in [2.05, 4.69) is 5.32 Å². The van der Waals surface area contributed by atoms with Crippen molar-refractivity contribution >= 4 is 23.8 Å². The van der Waals surface area contributed by atoms with Crippen LogP contribution in [-0.4, -0.2) is 23.8 Å². The van der Waals surface area contributed by atoms with E-state index in [0.29, 0.717) is 17.1 Å². The lowest BCUT2D eigenvalue weighted by Gasteiger charge is -2.24. The monoisotopic (exact) mass is 283 g/mol. The minimum atomic E-state index is -0.712. The minimum Gasteiger partial charge on any atom is -0.480 e. The van der Waals surface area contributed by atoms with E-state index in [0.717, 1.165) is 0 Å². The molecule has 1 amide bonds. The van der Waals surface area contributed by atoms with Crippen LogP contribution in [0.2, 0.25) is 5.02 Å². The van der Waals surface area contributed by atoms with Crippen LogP contribution in [0.4, 0.5) is 0 Å². The zero-order valence-electron chi connectivity index (χ0n) is 11.5. The molecule has 0 aliphatic carbocycles. The summed E-state index contributed by atoms with van der Waals surface area (Å²) in [5, 5.41) is 3.11. The van der Waals surface area contributed by atoms with E-state index < -0.39 is 6.10 Å². The molecule has 0 fully saturated rings. The summed E-state index contributed by atoms with van der Waals surface area (Å²) >= 11 is 5.89. The lowest BCUT2D eigenvalue weighted by atomic mass is 10.1. The average Bonchev–Trinajstić information content (AvgIpc) is 2.27. The first kappa shape index (κ1) is 15.5. The lowest BCUT2D eigenvalue weighted by Crippen LogP contribution is -2.46. The standard InChI is InChI=1S/C14H18ClNO3/c1-9(13(18)16-14(2,3)4)19-12-7-5-6-11(15)10(12)8-17/h5-9H,1-4H3,(H,16,18). The number of ether oxygens (including phenoxy) is 1. The number of hydrogen-bond donors (Lipinski definition) is 1. The molecule has 104 valence electrons. The smallest absolute Gasteiger partial charge is 0.261 e. The Bertz CT molecular complexity index is 480. The van der Waals surface area contributed by atoms with Crippen LogP contribution >= 0.6 is 11.6 Å². The van der Waals surface area contributed by atoms with Crippen LogP contribution < -0.4 is 10.1 Å². The van der Waals surface area contributed by atoms with Crippen molar-refractivity contribution in [3.8, 4) is 5.75 Å². The van der Waals surface area contributed by atoms with E-state index >= 15 is 0 Å².